The summed E-state index contributed by atoms with van der Waals surface area (Å²) in [6, 6.07) is 17.3. The summed E-state index contributed by atoms with van der Waals surface area (Å²) in [4.78, 5) is 27.3. The zero-order valence-electron chi connectivity index (χ0n) is 21.6. The fourth-order valence-corrected chi connectivity index (χ4v) is 6.46. The summed E-state index contributed by atoms with van der Waals surface area (Å²) in [5, 5.41) is 20.7. The number of allylic oxidation sites excluding steroid dienone is 2. The molecule has 6 nitrogen and oxygen atoms in total. The third-order valence-electron chi connectivity index (χ3n) is 8.19. The zero-order chi connectivity index (χ0) is 26.3. The molecule has 192 valence electrons. The number of carbonyl (C=O) groups excluding carboxylic acids is 2. The average molecular weight is 499 g/mol. The predicted octanol–water partition coefficient (Wildman–Crippen LogP) is 4.80. The lowest BCUT2D eigenvalue weighted by Gasteiger charge is -2.44. The quantitative estimate of drug-likeness (QED) is 0.258. The average Bonchev–Trinajstić information content (AvgIpc) is 3.10. The van der Waals surface area contributed by atoms with Gasteiger partial charge in [0.25, 0.3) is 0 Å². The number of amides is 2. The molecular formula is C30H34BNO5. The van der Waals surface area contributed by atoms with Gasteiger partial charge in [-0.05, 0) is 71.8 Å². The van der Waals surface area contributed by atoms with E-state index in [1.54, 1.807) is 19.2 Å². The van der Waals surface area contributed by atoms with Crippen LogP contribution in [-0.4, -0.2) is 47.1 Å². The fraction of sp³-hybridized carbons (Fsp3) is 0.400. The number of hydrogen-bond donors (Lipinski definition) is 2. The summed E-state index contributed by atoms with van der Waals surface area (Å²) in [7, 11) is 0.596. The molecule has 2 aromatic carbocycles. The van der Waals surface area contributed by atoms with Gasteiger partial charge >= 0.3 is 7.12 Å². The van der Waals surface area contributed by atoms with Crippen molar-refractivity contribution in [3.05, 3.63) is 76.9 Å². The second-order valence-electron chi connectivity index (χ2n) is 10.8. The summed E-state index contributed by atoms with van der Waals surface area (Å²) in [6.45, 7) is 4.26. The Morgan fingerprint density at radius 2 is 1.86 bits per heavy atom. The maximum atomic E-state index is 13.1. The second-order valence-corrected chi connectivity index (χ2v) is 10.8. The van der Waals surface area contributed by atoms with Gasteiger partial charge in [-0.2, -0.15) is 0 Å². The van der Waals surface area contributed by atoms with Gasteiger partial charge in [0.1, 0.15) is 5.75 Å². The highest BCUT2D eigenvalue weighted by atomic mass is 16.5. The van der Waals surface area contributed by atoms with Crippen LogP contribution >= 0.6 is 0 Å². The van der Waals surface area contributed by atoms with Gasteiger partial charge in [0.2, 0.25) is 11.8 Å². The molecule has 4 atom stereocenters. The van der Waals surface area contributed by atoms with E-state index in [4.69, 9.17) is 4.65 Å². The summed E-state index contributed by atoms with van der Waals surface area (Å²) in [6.07, 6.45) is 3.96. The molecule has 0 bridgehead atoms. The molecule has 1 aliphatic carbocycles. The molecule has 0 radical (unpaired) electrons. The van der Waals surface area contributed by atoms with Crippen LogP contribution in [0.1, 0.15) is 44.2 Å². The largest absolute Gasteiger partial charge is 0.508 e. The first kappa shape index (κ1) is 25.5. The van der Waals surface area contributed by atoms with E-state index in [0.29, 0.717) is 25.6 Å². The molecule has 2 aliphatic heterocycles. The van der Waals surface area contributed by atoms with Crippen LogP contribution in [0, 0.1) is 23.7 Å². The summed E-state index contributed by atoms with van der Waals surface area (Å²) >= 11 is 0. The number of carbonyl (C=O) groups is 2. The molecule has 2 N–H and O–H groups in total. The number of likely N-dealkylation sites (tertiary alicyclic amines) is 1. The number of aromatic hydroxyl groups is 1. The lowest BCUT2D eigenvalue weighted by Crippen LogP contribution is -2.46. The van der Waals surface area contributed by atoms with Gasteiger partial charge in [0.15, 0.2) is 0 Å². The second kappa shape index (κ2) is 10.3. The van der Waals surface area contributed by atoms with Crippen LogP contribution in [0.4, 0.5) is 0 Å². The van der Waals surface area contributed by atoms with Crippen molar-refractivity contribution in [2.24, 2.45) is 23.7 Å². The molecule has 0 aromatic heterocycles. The van der Waals surface area contributed by atoms with E-state index < -0.39 is 13.0 Å². The lowest BCUT2D eigenvalue weighted by atomic mass is 9.57. The van der Waals surface area contributed by atoms with Gasteiger partial charge in [-0.3, -0.25) is 14.5 Å². The highest BCUT2D eigenvalue weighted by molar-refractivity contribution is 6.43. The molecular weight excluding hydrogens is 465 g/mol. The van der Waals surface area contributed by atoms with E-state index >= 15 is 0 Å². The first-order valence-electron chi connectivity index (χ1n) is 13.2. The fourth-order valence-electron chi connectivity index (χ4n) is 6.46. The standard InChI is InChI=1S/C30H34BNO5/c1-18(2)23-16-24-28(30(35)32(3)29(24)34)25-17-31(36)37-26(27(23)25)13-12-21(20-9-5-4-6-10-20)14-19-8-7-11-22(33)15-19/h4-11,14-15,18,24-26,28,33,36H,12-13,16-17H2,1-3H3/b21-14-/t24-,25+,26-,28-/m1/s1. The smallest absolute Gasteiger partial charge is 0.455 e. The third kappa shape index (κ3) is 4.90. The number of imide groups is 1. The van der Waals surface area contributed by atoms with Crippen LogP contribution in [0.25, 0.3) is 11.6 Å². The Hall–Kier alpha value is -3.16. The van der Waals surface area contributed by atoms with Crippen LogP contribution < -0.4 is 0 Å². The maximum absolute atomic E-state index is 13.1. The zero-order valence-corrected chi connectivity index (χ0v) is 21.6. The Balaban J connectivity index is 1.49. The third-order valence-corrected chi connectivity index (χ3v) is 8.19. The van der Waals surface area contributed by atoms with Crippen molar-refractivity contribution >= 4 is 30.6 Å². The van der Waals surface area contributed by atoms with Gasteiger partial charge in [-0.25, -0.2) is 0 Å². The number of hydrogen-bond acceptors (Lipinski definition) is 5. The number of fused-ring (bicyclic) bond motifs is 3. The number of benzene rings is 2. The predicted molar refractivity (Wildman–Crippen MR) is 144 cm³/mol. The Morgan fingerprint density at radius 3 is 2.57 bits per heavy atom. The molecule has 0 spiro atoms. The normalized spacial score (nSPS) is 26.1. The minimum absolute atomic E-state index is 0.106. The Labute approximate surface area is 218 Å². The molecule has 37 heavy (non-hydrogen) atoms. The van der Waals surface area contributed by atoms with E-state index in [9.17, 15) is 19.7 Å². The molecule has 2 aromatic rings. The Bertz CT molecular complexity index is 1250. The van der Waals surface area contributed by atoms with Crippen molar-refractivity contribution in [1.82, 2.24) is 4.90 Å². The van der Waals surface area contributed by atoms with Crippen LogP contribution in [0.3, 0.4) is 0 Å². The molecule has 0 saturated carbocycles. The monoisotopic (exact) mass is 499 g/mol. The molecule has 0 unspecified atom stereocenters. The molecule has 2 fully saturated rings. The number of nitrogens with zero attached hydrogens (tertiary/aromatic N) is 1. The molecule has 2 saturated heterocycles. The minimum atomic E-state index is -0.977. The molecule has 2 amide bonds. The van der Waals surface area contributed by atoms with Gasteiger partial charge in [0.05, 0.1) is 17.9 Å². The molecule has 3 aliphatic rings. The minimum Gasteiger partial charge on any atom is -0.508 e. The van der Waals surface area contributed by atoms with Crippen molar-refractivity contribution in [3.8, 4) is 5.75 Å². The van der Waals surface area contributed by atoms with E-state index in [0.717, 1.165) is 22.3 Å². The molecule has 7 heteroatoms. The van der Waals surface area contributed by atoms with Crippen molar-refractivity contribution in [1.29, 1.82) is 0 Å². The summed E-state index contributed by atoms with van der Waals surface area (Å²) in [5.41, 5.74) is 5.39. The van der Waals surface area contributed by atoms with Gasteiger partial charge < -0.3 is 14.8 Å². The van der Waals surface area contributed by atoms with E-state index in [-0.39, 0.29) is 41.4 Å². The van der Waals surface area contributed by atoms with Gasteiger partial charge in [0, 0.05) is 7.05 Å². The molecule has 2 heterocycles. The van der Waals surface area contributed by atoms with Gasteiger partial charge in [-0.1, -0.05) is 68.0 Å². The molecule has 5 rings (SSSR count). The first-order valence-corrected chi connectivity index (χ1v) is 13.2. The van der Waals surface area contributed by atoms with E-state index in [1.807, 2.05) is 30.3 Å². The van der Waals surface area contributed by atoms with Gasteiger partial charge in [-0.15, -0.1) is 0 Å². The van der Waals surface area contributed by atoms with Crippen molar-refractivity contribution in [2.75, 3.05) is 7.05 Å². The summed E-state index contributed by atoms with van der Waals surface area (Å²) < 4.78 is 6.15. The summed E-state index contributed by atoms with van der Waals surface area (Å²) in [5.74, 6) is -0.779. The van der Waals surface area contributed by atoms with Crippen molar-refractivity contribution in [2.45, 2.75) is 45.5 Å². The van der Waals surface area contributed by atoms with Crippen LogP contribution in [-0.2, 0) is 14.2 Å². The SMILES string of the molecule is CC(C)C1=C2[C@@H](CC/C(=C/c3cccc(O)c3)c3ccccc3)OB(O)C[C@@H]2[C@@H]2C(=O)N(C)C(=O)[C@@H]2C1. The highest BCUT2D eigenvalue weighted by Gasteiger charge is 2.56. The number of rotatable bonds is 6. The number of phenolic OH excluding ortho intramolecular Hbond substituents is 1. The Kier molecular flexibility index (Phi) is 7.10. The van der Waals surface area contributed by atoms with Crippen LogP contribution in [0.15, 0.2) is 65.7 Å². The topological polar surface area (TPSA) is 87.1 Å². The number of phenols is 1. The van der Waals surface area contributed by atoms with Crippen molar-refractivity contribution < 1.29 is 24.4 Å². The Morgan fingerprint density at radius 1 is 1.11 bits per heavy atom. The van der Waals surface area contributed by atoms with Crippen LogP contribution in [0.5, 0.6) is 5.75 Å². The lowest BCUT2D eigenvalue weighted by molar-refractivity contribution is -0.138. The van der Waals surface area contributed by atoms with Crippen molar-refractivity contribution in [3.63, 3.8) is 0 Å². The van der Waals surface area contributed by atoms with E-state index in [1.165, 1.54) is 10.5 Å². The highest BCUT2D eigenvalue weighted by Crippen LogP contribution is 2.51. The van der Waals surface area contributed by atoms with Crippen LogP contribution in [0.2, 0.25) is 6.32 Å². The van der Waals surface area contributed by atoms with E-state index in [2.05, 4.69) is 32.1 Å². The first-order chi connectivity index (χ1) is 17.7. The maximum Gasteiger partial charge on any atom is 0.455 e.